The molecule has 0 atom stereocenters. The number of benzene rings is 1. The van der Waals surface area contributed by atoms with Gasteiger partial charge in [0.15, 0.2) is 0 Å². The van der Waals surface area contributed by atoms with Crippen molar-refractivity contribution in [1.29, 1.82) is 0 Å². The van der Waals surface area contributed by atoms with Crippen LogP contribution in [0.2, 0.25) is 0 Å². The highest BCUT2D eigenvalue weighted by molar-refractivity contribution is 6.01. The average molecular weight is 205 g/mol. The van der Waals surface area contributed by atoms with Crippen LogP contribution in [0.1, 0.15) is 5.56 Å². The summed E-state index contributed by atoms with van der Waals surface area (Å²) >= 11 is 0. The molecule has 0 radical (unpaired) electrons. The summed E-state index contributed by atoms with van der Waals surface area (Å²) in [4.78, 5) is 13.2. The van der Waals surface area contributed by atoms with Gasteiger partial charge in [-0.05, 0) is 30.8 Å². The third-order valence-electron chi connectivity index (χ3n) is 2.63. The SMILES string of the molecule is CNCNc1ccc2c(c1)CC(=O)N2C. The van der Waals surface area contributed by atoms with E-state index in [2.05, 4.69) is 10.6 Å². The normalized spacial score (nSPS) is 14.3. The highest BCUT2D eigenvalue weighted by atomic mass is 16.2. The molecule has 80 valence electrons. The summed E-state index contributed by atoms with van der Waals surface area (Å²) in [7, 11) is 3.70. The Morgan fingerprint density at radius 3 is 3.00 bits per heavy atom. The number of hydrogen-bond acceptors (Lipinski definition) is 3. The first kappa shape index (κ1) is 9.98. The van der Waals surface area contributed by atoms with Gasteiger partial charge in [-0.1, -0.05) is 0 Å². The lowest BCUT2D eigenvalue weighted by Crippen LogP contribution is -2.20. The molecule has 2 rings (SSSR count). The molecule has 4 heteroatoms. The van der Waals surface area contributed by atoms with E-state index in [4.69, 9.17) is 0 Å². The zero-order valence-electron chi connectivity index (χ0n) is 9.00. The van der Waals surface area contributed by atoms with Crippen molar-refractivity contribution in [2.24, 2.45) is 0 Å². The Bertz CT molecular complexity index is 389. The molecule has 1 aliphatic heterocycles. The lowest BCUT2D eigenvalue weighted by molar-refractivity contribution is -0.117. The van der Waals surface area contributed by atoms with Gasteiger partial charge in [0, 0.05) is 18.4 Å². The fraction of sp³-hybridized carbons (Fsp3) is 0.364. The van der Waals surface area contributed by atoms with Gasteiger partial charge in [-0.25, -0.2) is 0 Å². The van der Waals surface area contributed by atoms with Crippen LogP contribution < -0.4 is 15.5 Å². The summed E-state index contributed by atoms with van der Waals surface area (Å²) < 4.78 is 0. The molecule has 0 spiro atoms. The van der Waals surface area contributed by atoms with Crippen LogP contribution >= 0.6 is 0 Å². The molecule has 0 unspecified atom stereocenters. The molecule has 1 heterocycles. The number of rotatable bonds is 3. The fourth-order valence-corrected chi connectivity index (χ4v) is 1.77. The Hall–Kier alpha value is -1.55. The van der Waals surface area contributed by atoms with E-state index >= 15 is 0 Å². The summed E-state index contributed by atoms with van der Waals surface area (Å²) in [5.74, 6) is 0.163. The molecule has 1 aliphatic rings. The molecule has 0 saturated heterocycles. The number of hydrogen-bond donors (Lipinski definition) is 2. The molecular formula is C11H15N3O. The maximum atomic E-state index is 11.4. The summed E-state index contributed by atoms with van der Waals surface area (Å²) in [6.45, 7) is 0.725. The van der Waals surface area contributed by atoms with Gasteiger partial charge >= 0.3 is 0 Å². The summed E-state index contributed by atoms with van der Waals surface area (Å²) in [6.07, 6.45) is 0.515. The third kappa shape index (κ3) is 1.80. The Labute approximate surface area is 89.3 Å². The van der Waals surface area contributed by atoms with Crippen LogP contribution in [-0.4, -0.2) is 26.7 Å². The van der Waals surface area contributed by atoms with Gasteiger partial charge in [0.25, 0.3) is 0 Å². The van der Waals surface area contributed by atoms with E-state index in [0.717, 1.165) is 23.6 Å². The lowest BCUT2D eigenvalue weighted by atomic mass is 10.1. The van der Waals surface area contributed by atoms with E-state index in [1.807, 2.05) is 32.3 Å². The van der Waals surface area contributed by atoms with Crippen LogP contribution in [0.5, 0.6) is 0 Å². The van der Waals surface area contributed by atoms with Gasteiger partial charge in [-0.15, -0.1) is 0 Å². The molecule has 0 fully saturated rings. The van der Waals surface area contributed by atoms with E-state index in [1.165, 1.54) is 0 Å². The summed E-state index contributed by atoms with van der Waals surface area (Å²) in [5.41, 5.74) is 3.17. The predicted octanol–water partition coefficient (Wildman–Crippen LogP) is 0.794. The average Bonchev–Trinajstić information content (AvgIpc) is 2.52. The predicted molar refractivity (Wildman–Crippen MR) is 61.1 cm³/mol. The Kier molecular flexibility index (Phi) is 2.60. The highest BCUT2D eigenvalue weighted by Crippen LogP contribution is 2.29. The summed E-state index contributed by atoms with van der Waals surface area (Å²) in [6, 6.07) is 6.01. The monoisotopic (exact) mass is 205 g/mol. The molecule has 0 aromatic heterocycles. The van der Waals surface area contributed by atoms with E-state index in [-0.39, 0.29) is 5.91 Å². The molecule has 1 aromatic carbocycles. The van der Waals surface area contributed by atoms with Crippen LogP contribution in [-0.2, 0) is 11.2 Å². The van der Waals surface area contributed by atoms with Crippen LogP contribution in [0, 0.1) is 0 Å². The van der Waals surface area contributed by atoms with Crippen molar-refractivity contribution in [3.8, 4) is 0 Å². The molecule has 1 aromatic rings. The van der Waals surface area contributed by atoms with Gasteiger partial charge in [-0.2, -0.15) is 0 Å². The minimum atomic E-state index is 0.163. The quantitative estimate of drug-likeness (QED) is 0.717. The maximum Gasteiger partial charge on any atom is 0.231 e. The smallest absolute Gasteiger partial charge is 0.231 e. The topological polar surface area (TPSA) is 44.4 Å². The van der Waals surface area contributed by atoms with E-state index < -0.39 is 0 Å². The van der Waals surface area contributed by atoms with Crippen LogP contribution in [0.15, 0.2) is 18.2 Å². The van der Waals surface area contributed by atoms with Crippen molar-refractivity contribution in [2.45, 2.75) is 6.42 Å². The maximum absolute atomic E-state index is 11.4. The van der Waals surface area contributed by atoms with Crippen LogP contribution in [0.4, 0.5) is 11.4 Å². The number of fused-ring (bicyclic) bond motifs is 1. The van der Waals surface area contributed by atoms with Gasteiger partial charge in [0.2, 0.25) is 5.91 Å². The number of carbonyl (C=O) groups excluding carboxylic acids is 1. The first-order chi connectivity index (χ1) is 7.22. The molecule has 1 amide bonds. The highest BCUT2D eigenvalue weighted by Gasteiger charge is 2.23. The Morgan fingerprint density at radius 2 is 2.27 bits per heavy atom. The molecule has 0 aliphatic carbocycles. The van der Waals surface area contributed by atoms with Gasteiger partial charge < -0.3 is 15.5 Å². The first-order valence-corrected chi connectivity index (χ1v) is 5.00. The summed E-state index contributed by atoms with van der Waals surface area (Å²) in [5, 5.41) is 6.23. The molecule has 2 N–H and O–H groups in total. The van der Waals surface area contributed by atoms with Crippen molar-refractivity contribution in [3.63, 3.8) is 0 Å². The number of likely N-dealkylation sites (N-methyl/N-ethyl adjacent to an activating group) is 1. The Balaban J connectivity index is 2.22. The van der Waals surface area contributed by atoms with Gasteiger partial charge in [-0.3, -0.25) is 4.79 Å². The van der Waals surface area contributed by atoms with Crippen molar-refractivity contribution < 1.29 is 4.79 Å². The fourth-order valence-electron chi connectivity index (χ4n) is 1.77. The van der Waals surface area contributed by atoms with Crippen molar-refractivity contribution in [2.75, 3.05) is 31.0 Å². The van der Waals surface area contributed by atoms with Crippen molar-refractivity contribution in [1.82, 2.24) is 5.32 Å². The third-order valence-corrected chi connectivity index (χ3v) is 2.63. The minimum absolute atomic E-state index is 0.163. The second-order valence-electron chi connectivity index (χ2n) is 3.68. The molecule has 0 bridgehead atoms. The number of nitrogens with zero attached hydrogens (tertiary/aromatic N) is 1. The molecule has 0 saturated carbocycles. The van der Waals surface area contributed by atoms with Crippen LogP contribution in [0.3, 0.4) is 0 Å². The first-order valence-electron chi connectivity index (χ1n) is 5.00. The standard InChI is InChI=1S/C11H15N3O/c1-12-7-13-9-3-4-10-8(5-9)6-11(15)14(10)2/h3-5,12-13H,6-7H2,1-2H3. The lowest BCUT2D eigenvalue weighted by Gasteiger charge is -2.11. The van der Waals surface area contributed by atoms with E-state index in [0.29, 0.717) is 6.42 Å². The van der Waals surface area contributed by atoms with Crippen molar-refractivity contribution >= 4 is 17.3 Å². The van der Waals surface area contributed by atoms with Crippen LogP contribution in [0.25, 0.3) is 0 Å². The number of carbonyl (C=O) groups is 1. The van der Waals surface area contributed by atoms with E-state index in [1.54, 1.807) is 4.90 Å². The minimum Gasteiger partial charge on any atom is -0.372 e. The van der Waals surface area contributed by atoms with E-state index in [9.17, 15) is 4.79 Å². The number of nitrogens with one attached hydrogen (secondary N) is 2. The van der Waals surface area contributed by atoms with Crippen molar-refractivity contribution in [3.05, 3.63) is 23.8 Å². The zero-order valence-corrected chi connectivity index (χ0v) is 9.00. The molecule has 15 heavy (non-hydrogen) atoms. The van der Waals surface area contributed by atoms with Gasteiger partial charge in [0.1, 0.15) is 0 Å². The molecule has 4 nitrogen and oxygen atoms in total. The second-order valence-corrected chi connectivity index (χ2v) is 3.68. The second kappa shape index (κ2) is 3.90. The zero-order chi connectivity index (χ0) is 10.8. The Morgan fingerprint density at radius 1 is 1.47 bits per heavy atom. The number of amides is 1. The largest absolute Gasteiger partial charge is 0.372 e. The van der Waals surface area contributed by atoms with Gasteiger partial charge in [0.05, 0.1) is 13.1 Å². The number of anilines is 2. The molecular weight excluding hydrogens is 190 g/mol.